The first-order valence-electron chi connectivity index (χ1n) is 14.6. The highest BCUT2D eigenvalue weighted by Gasteiger charge is 2.18. The lowest BCUT2D eigenvalue weighted by Crippen LogP contribution is -2.06. The summed E-state index contributed by atoms with van der Waals surface area (Å²) < 4.78 is 4.40. The first-order chi connectivity index (χ1) is 21.8. The van der Waals surface area contributed by atoms with Crippen LogP contribution in [0.3, 0.4) is 0 Å². The number of benzene rings is 5. The van der Waals surface area contributed by atoms with Gasteiger partial charge in [-0.05, 0) is 54.6 Å². The third kappa shape index (κ3) is 3.75. The lowest BCUT2D eigenvalue weighted by Gasteiger charge is -2.12. The molecule has 44 heavy (non-hydrogen) atoms. The topological polar surface area (TPSA) is 61.4 Å². The van der Waals surface area contributed by atoms with Gasteiger partial charge >= 0.3 is 0 Å². The molecule has 0 radical (unpaired) electrons. The van der Waals surface area contributed by atoms with Crippen LogP contribution in [0, 0.1) is 0 Å². The first-order valence-corrected chi connectivity index (χ1v) is 14.6. The predicted molar refractivity (Wildman–Crippen MR) is 177 cm³/mol. The van der Waals surface area contributed by atoms with Crippen molar-refractivity contribution in [3.8, 4) is 34.4 Å². The van der Waals surface area contributed by atoms with Gasteiger partial charge < -0.3 is 4.57 Å². The zero-order chi connectivity index (χ0) is 29.0. The number of para-hydroxylation sites is 3. The molecular weight excluding hydrogens is 540 g/mol. The highest BCUT2D eigenvalue weighted by Crippen LogP contribution is 2.33. The lowest BCUT2D eigenvalue weighted by molar-refractivity contribution is 0.953. The van der Waals surface area contributed by atoms with Gasteiger partial charge in [-0.25, -0.2) is 4.98 Å². The average molecular weight is 565 g/mol. The number of hydrogen-bond donors (Lipinski definition) is 0. The highest BCUT2D eigenvalue weighted by molar-refractivity contribution is 6.09. The van der Waals surface area contributed by atoms with Crippen molar-refractivity contribution in [2.24, 2.45) is 0 Å². The monoisotopic (exact) mass is 564 g/mol. The summed E-state index contributed by atoms with van der Waals surface area (Å²) in [6.07, 6.45) is 1.85. The van der Waals surface area contributed by atoms with Crippen molar-refractivity contribution in [2.45, 2.75) is 0 Å². The van der Waals surface area contributed by atoms with Crippen LogP contribution in [0.1, 0.15) is 0 Å². The van der Waals surface area contributed by atoms with Crippen LogP contribution in [-0.4, -0.2) is 29.1 Å². The maximum Gasteiger partial charge on any atom is 0.238 e. The Balaban J connectivity index is 1.24. The number of rotatable bonds is 4. The standard InChI is InChI=1S/C38H24N6/c1-2-11-25(12-3-1)36-40-37(42-38(41-36)44-31-16-7-4-13-28(31)29-14-5-8-17-32(29)44)26-20-22-27(23-21-26)43-33-18-9-6-15-30(33)35-34(43)19-10-24-39-35/h1-24H. The van der Waals surface area contributed by atoms with Crippen molar-refractivity contribution < 1.29 is 0 Å². The predicted octanol–water partition coefficient (Wildman–Crippen LogP) is 8.79. The fourth-order valence-electron chi connectivity index (χ4n) is 6.27. The zero-order valence-electron chi connectivity index (χ0n) is 23.5. The van der Waals surface area contributed by atoms with Crippen molar-refractivity contribution in [3.63, 3.8) is 0 Å². The van der Waals surface area contributed by atoms with Crippen molar-refractivity contribution in [2.75, 3.05) is 0 Å². The Morgan fingerprint density at radius 1 is 0.386 bits per heavy atom. The fourth-order valence-corrected chi connectivity index (χ4v) is 6.27. The number of hydrogen-bond acceptors (Lipinski definition) is 4. The van der Waals surface area contributed by atoms with E-state index < -0.39 is 0 Å². The molecule has 5 aromatic carbocycles. The summed E-state index contributed by atoms with van der Waals surface area (Å²) in [5.74, 6) is 1.83. The Hall–Kier alpha value is -6.14. The van der Waals surface area contributed by atoms with E-state index in [1.54, 1.807) is 0 Å². The Kier molecular flexibility index (Phi) is 5.40. The van der Waals surface area contributed by atoms with E-state index in [-0.39, 0.29) is 0 Å². The van der Waals surface area contributed by atoms with E-state index in [9.17, 15) is 0 Å². The largest absolute Gasteiger partial charge is 0.308 e. The molecular formula is C38H24N6. The number of pyridine rings is 1. The zero-order valence-corrected chi connectivity index (χ0v) is 23.5. The van der Waals surface area contributed by atoms with Gasteiger partial charge in [0.05, 0.1) is 27.6 Å². The molecule has 0 unspecified atom stereocenters. The van der Waals surface area contributed by atoms with Crippen LogP contribution in [0.2, 0.25) is 0 Å². The molecule has 0 N–H and O–H groups in total. The molecule has 206 valence electrons. The van der Waals surface area contributed by atoms with E-state index in [0.717, 1.165) is 60.6 Å². The molecule has 0 saturated heterocycles. The quantitative estimate of drug-likeness (QED) is 0.214. The highest BCUT2D eigenvalue weighted by atomic mass is 15.2. The number of nitrogens with zero attached hydrogens (tertiary/aromatic N) is 6. The molecule has 0 spiro atoms. The molecule has 9 aromatic rings. The van der Waals surface area contributed by atoms with Crippen LogP contribution < -0.4 is 0 Å². The van der Waals surface area contributed by atoms with Crippen molar-refractivity contribution in [3.05, 3.63) is 146 Å². The van der Waals surface area contributed by atoms with Gasteiger partial charge in [0.1, 0.15) is 0 Å². The molecule has 0 aliphatic heterocycles. The van der Waals surface area contributed by atoms with Crippen molar-refractivity contribution in [1.29, 1.82) is 0 Å². The van der Waals surface area contributed by atoms with Gasteiger partial charge in [0.2, 0.25) is 5.95 Å². The van der Waals surface area contributed by atoms with Crippen LogP contribution in [0.4, 0.5) is 0 Å². The summed E-state index contributed by atoms with van der Waals surface area (Å²) in [7, 11) is 0. The molecule has 6 heteroatoms. The Morgan fingerprint density at radius 2 is 0.909 bits per heavy atom. The second-order valence-electron chi connectivity index (χ2n) is 10.8. The van der Waals surface area contributed by atoms with E-state index in [4.69, 9.17) is 15.0 Å². The summed E-state index contributed by atoms with van der Waals surface area (Å²) in [6.45, 7) is 0. The molecule has 4 heterocycles. The summed E-state index contributed by atoms with van der Waals surface area (Å²) in [4.78, 5) is 19.8. The summed E-state index contributed by atoms with van der Waals surface area (Å²) in [5.41, 5.74) is 8.19. The van der Waals surface area contributed by atoms with Gasteiger partial charge in [0, 0.05) is 39.2 Å². The Morgan fingerprint density at radius 3 is 1.57 bits per heavy atom. The lowest BCUT2D eigenvalue weighted by atomic mass is 10.1. The average Bonchev–Trinajstić information content (AvgIpc) is 3.62. The molecule has 0 fully saturated rings. The van der Waals surface area contributed by atoms with Gasteiger partial charge in [0.15, 0.2) is 11.6 Å². The number of aromatic nitrogens is 6. The van der Waals surface area contributed by atoms with Gasteiger partial charge in [-0.2, -0.15) is 9.97 Å². The fraction of sp³-hybridized carbons (Fsp3) is 0. The minimum absolute atomic E-state index is 0.587. The smallest absolute Gasteiger partial charge is 0.238 e. The molecule has 0 saturated carbocycles. The van der Waals surface area contributed by atoms with E-state index >= 15 is 0 Å². The molecule has 0 aliphatic rings. The second kappa shape index (κ2) is 9.71. The maximum atomic E-state index is 5.09. The SMILES string of the molecule is c1ccc(-c2nc(-c3ccc(-n4c5ccccc5c5ncccc54)cc3)nc(-n3c4ccccc4c4ccccc43)n2)cc1. The number of fused-ring (bicyclic) bond motifs is 6. The van der Waals surface area contributed by atoms with Gasteiger partial charge in [-0.1, -0.05) is 84.9 Å². The Labute approximate surface area is 252 Å². The minimum Gasteiger partial charge on any atom is -0.308 e. The summed E-state index contributed by atoms with van der Waals surface area (Å²) in [6, 6.07) is 47.8. The van der Waals surface area contributed by atoms with Crippen molar-refractivity contribution >= 4 is 43.7 Å². The molecule has 4 aromatic heterocycles. The normalized spacial score (nSPS) is 11.6. The van der Waals surface area contributed by atoms with Crippen LogP contribution in [-0.2, 0) is 0 Å². The molecule has 0 bridgehead atoms. The van der Waals surface area contributed by atoms with Crippen LogP contribution >= 0.6 is 0 Å². The van der Waals surface area contributed by atoms with E-state index in [1.165, 1.54) is 0 Å². The third-order valence-corrected chi connectivity index (χ3v) is 8.25. The molecule has 0 aliphatic carbocycles. The molecule has 9 rings (SSSR count). The molecule has 0 amide bonds. The summed E-state index contributed by atoms with van der Waals surface area (Å²) >= 11 is 0. The van der Waals surface area contributed by atoms with Gasteiger partial charge in [-0.3, -0.25) is 9.55 Å². The van der Waals surface area contributed by atoms with E-state index in [1.807, 2.05) is 42.6 Å². The van der Waals surface area contributed by atoms with E-state index in [0.29, 0.717) is 17.6 Å². The summed E-state index contributed by atoms with van der Waals surface area (Å²) in [5, 5.41) is 3.46. The third-order valence-electron chi connectivity index (χ3n) is 8.25. The minimum atomic E-state index is 0.587. The van der Waals surface area contributed by atoms with Gasteiger partial charge in [-0.15, -0.1) is 0 Å². The van der Waals surface area contributed by atoms with Crippen LogP contribution in [0.25, 0.3) is 78.2 Å². The first kappa shape index (κ1) is 24.5. The van der Waals surface area contributed by atoms with E-state index in [2.05, 4.69) is 117 Å². The second-order valence-corrected chi connectivity index (χ2v) is 10.8. The van der Waals surface area contributed by atoms with Gasteiger partial charge in [0.25, 0.3) is 0 Å². The van der Waals surface area contributed by atoms with Crippen molar-refractivity contribution in [1.82, 2.24) is 29.1 Å². The molecule has 6 nitrogen and oxygen atoms in total. The molecule has 0 atom stereocenters. The Bertz CT molecular complexity index is 2380. The van der Waals surface area contributed by atoms with Crippen LogP contribution in [0.15, 0.2) is 146 Å². The maximum absolute atomic E-state index is 5.09. The van der Waals surface area contributed by atoms with Crippen LogP contribution in [0.5, 0.6) is 0 Å².